The van der Waals surface area contributed by atoms with Crippen molar-refractivity contribution in [3.63, 3.8) is 0 Å². The highest BCUT2D eigenvalue weighted by atomic mass is 35.5. The van der Waals surface area contributed by atoms with Gasteiger partial charge in [0.2, 0.25) is 5.28 Å². The minimum Gasteiger partial charge on any atom is -0.352 e. The van der Waals surface area contributed by atoms with Crippen molar-refractivity contribution in [3.8, 4) is 22.5 Å². The monoisotopic (exact) mass is 433 g/mol. The van der Waals surface area contributed by atoms with Crippen LogP contribution in [-0.4, -0.2) is 37.1 Å². The van der Waals surface area contributed by atoms with Crippen molar-refractivity contribution in [1.82, 2.24) is 30.6 Å². The average Bonchev–Trinajstić information content (AvgIpc) is 3.31. The Morgan fingerprint density at radius 2 is 1.77 bits per heavy atom. The number of rotatable bonds is 8. The molecule has 4 aromatic rings. The minimum atomic E-state index is 0.283. The van der Waals surface area contributed by atoms with E-state index < -0.39 is 0 Å². The van der Waals surface area contributed by atoms with Crippen LogP contribution < -0.4 is 4.90 Å². The molecule has 7 nitrogen and oxygen atoms in total. The third-order valence-corrected chi connectivity index (χ3v) is 5.25. The molecule has 1 N–H and O–H groups in total. The molecule has 8 heteroatoms. The van der Waals surface area contributed by atoms with Crippen molar-refractivity contribution in [2.75, 3.05) is 11.4 Å². The van der Waals surface area contributed by atoms with E-state index in [9.17, 15) is 0 Å². The van der Waals surface area contributed by atoms with Crippen LogP contribution in [0.15, 0.2) is 54.6 Å². The zero-order chi connectivity index (χ0) is 21.6. The Morgan fingerprint density at radius 3 is 2.45 bits per heavy atom. The molecule has 0 atom stereocenters. The summed E-state index contributed by atoms with van der Waals surface area (Å²) in [5.74, 6) is 1.51. The number of aromatic amines is 1. The molecule has 0 aliphatic rings. The predicted octanol–water partition coefficient (Wildman–Crippen LogP) is 5.09. The molecular weight excluding hydrogens is 410 g/mol. The summed E-state index contributed by atoms with van der Waals surface area (Å²) in [7, 11) is 0. The Morgan fingerprint density at radius 1 is 1.00 bits per heavy atom. The van der Waals surface area contributed by atoms with Gasteiger partial charge in [-0.2, -0.15) is 0 Å². The summed E-state index contributed by atoms with van der Waals surface area (Å²) < 4.78 is 0. The van der Waals surface area contributed by atoms with Gasteiger partial charge < -0.3 is 4.90 Å². The molecule has 0 spiro atoms. The second-order valence-electron chi connectivity index (χ2n) is 7.40. The number of unbranched alkanes of at least 4 members (excludes halogenated alkanes) is 1. The van der Waals surface area contributed by atoms with Crippen molar-refractivity contribution >= 4 is 17.4 Å². The number of aromatic nitrogens is 6. The van der Waals surface area contributed by atoms with Crippen LogP contribution in [0, 0.1) is 6.92 Å². The lowest BCUT2D eigenvalue weighted by Gasteiger charge is -2.24. The summed E-state index contributed by atoms with van der Waals surface area (Å²) >= 11 is 6.11. The van der Waals surface area contributed by atoms with Gasteiger partial charge in [-0.1, -0.05) is 61.9 Å². The van der Waals surface area contributed by atoms with E-state index >= 15 is 0 Å². The van der Waals surface area contributed by atoms with Gasteiger partial charge in [-0.25, -0.2) is 15.1 Å². The number of anilines is 1. The van der Waals surface area contributed by atoms with E-state index in [2.05, 4.69) is 72.7 Å². The van der Waals surface area contributed by atoms with Gasteiger partial charge in [0.15, 0.2) is 5.82 Å². The first-order chi connectivity index (χ1) is 15.1. The van der Waals surface area contributed by atoms with E-state index in [0.717, 1.165) is 54.1 Å². The van der Waals surface area contributed by atoms with Gasteiger partial charge in [-0.15, -0.1) is 5.10 Å². The molecule has 0 unspecified atom stereocenters. The lowest BCUT2D eigenvalue weighted by atomic mass is 9.98. The molecule has 0 saturated heterocycles. The van der Waals surface area contributed by atoms with E-state index in [1.165, 1.54) is 5.56 Å². The highest BCUT2D eigenvalue weighted by Crippen LogP contribution is 2.30. The zero-order valence-electron chi connectivity index (χ0n) is 17.6. The first-order valence-electron chi connectivity index (χ1n) is 10.3. The van der Waals surface area contributed by atoms with E-state index in [4.69, 9.17) is 11.6 Å². The number of hydrogen-bond donors (Lipinski definition) is 1. The van der Waals surface area contributed by atoms with Crippen LogP contribution in [0.25, 0.3) is 22.5 Å². The fourth-order valence-corrected chi connectivity index (χ4v) is 3.75. The highest BCUT2D eigenvalue weighted by molar-refractivity contribution is 6.28. The lowest BCUT2D eigenvalue weighted by Crippen LogP contribution is -2.25. The number of aryl methyl sites for hydroxylation is 1. The quantitative estimate of drug-likeness (QED) is 0.389. The molecule has 31 heavy (non-hydrogen) atoms. The normalized spacial score (nSPS) is 10.9. The summed E-state index contributed by atoms with van der Waals surface area (Å²) in [4.78, 5) is 10.9. The number of H-pyrrole nitrogens is 1. The van der Waals surface area contributed by atoms with E-state index in [-0.39, 0.29) is 5.28 Å². The number of halogens is 1. The van der Waals surface area contributed by atoms with Crippen molar-refractivity contribution in [2.24, 2.45) is 0 Å². The van der Waals surface area contributed by atoms with Crippen LogP contribution >= 0.6 is 11.6 Å². The van der Waals surface area contributed by atoms with Crippen LogP contribution in [0.2, 0.25) is 5.28 Å². The van der Waals surface area contributed by atoms with Gasteiger partial charge in [0.05, 0.1) is 0 Å². The van der Waals surface area contributed by atoms with Crippen molar-refractivity contribution < 1.29 is 0 Å². The molecule has 0 bridgehead atoms. The minimum absolute atomic E-state index is 0.283. The van der Waals surface area contributed by atoms with Gasteiger partial charge in [0, 0.05) is 30.4 Å². The van der Waals surface area contributed by atoms with Crippen LogP contribution in [0.3, 0.4) is 0 Å². The molecule has 0 radical (unpaired) electrons. The Balaban J connectivity index is 1.59. The lowest BCUT2D eigenvalue weighted by molar-refractivity contribution is 0.706. The summed E-state index contributed by atoms with van der Waals surface area (Å²) in [5, 5.41) is 14.6. The second-order valence-corrected chi connectivity index (χ2v) is 7.74. The maximum Gasteiger partial charge on any atom is 0.224 e. The average molecular weight is 434 g/mol. The molecular formula is C23H24ClN7. The molecule has 2 aromatic heterocycles. The number of nitrogens with one attached hydrogen (secondary N) is 1. The molecule has 0 saturated carbocycles. The fourth-order valence-electron chi connectivity index (χ4n) is 3.53. The van der Waals surface area contributed by atoms with Gasteiger partial charge in [-0.05, 0) is 52.1 Å². The van der Waals surface area contributed by atoms with Crippen LogP contribution in [0.5, 0.6) is 0 Å². The van der Waals surface area contributed by atoms with E-state index in [1.807, 2.05) is 31.2 Å². The molecule has 158 valence electrons. The summed E-state index contributed by atoms with van der Waals surface area (Å²) in [6.45, 7) is 5.78. The maximum atomic E-state index is 6.11. The zero-order valence-corrected chi connectivity index (χ0v) is 18.3. The van der Waals surface area contributed by atoms with Crippen molar-refractivity contribution in [2.45, 2.75) is 33.2 Å². The molecule has 2 heterocycles. The fraction of sp³-hybridized carbons (Fsp3) is 0.261. The van der Waals surface area contributed by atoms with Crippen molar-refractivity contribution in [3.05, 3.63) is 71.1 Å². The summed E-state index contributed by atoms with van der Waals surface area (Å²) in [6, 6.07) is 18.6. The third kappa shape index (κ3) is 5.06. The summed E-state index contributed by atoms with van der Waals surface area (Å²) in [5.41, 5.74) is 5.22. The van der Waals surface area contributed by atoms with E-state index in [1.54, 1.807) is 0 Å². The van der Waals surface area contributed by atoms with Crippen LogP contribution in [-0.2, 0) is 6.54 Å². The Labute approximate surface area is 186 Å². The van der Waals surface area contributed by atoms with E-state index in [0.29, 0.717) is 5.82 Å². The first kappa shape index (κ1) is 20.9. The number of hydrogen-bond acceptors (Lipinski definition) is 6. The molecule has 4 rings (SSSR count). The van der Waals surface area contributed by atoms with Gasteiger partial charge in [0.25, 0.3) is 0 Å². The third-order valence-electron chi connectivity index (χ3n) is 5.08. The smallest absolute Gasteiger partial charge is 0.224 e. The molecule has 0 aliphatic carbocycles. The largest absolute Gasteiger partial charge is 0.352 e. The standard InChI is InChI=1S/C23H24ClN7/c1-3-4-13-31(21-14-16(2)25-23(24)26-21)15-17-9-11-18(12-10-17)19-7-5-6-8-20(19)22-27-29-30-28-22/h5-12,14H,3-4,13,15H2,1-2H3,(H,27,28,29,30). The molecule has 0 aliphatic heterocycles. The van der Waals surface area contributed by atoms with Crippen LogP contribution in [0.4, 0.5) is 5.82 Å². The molecule has 0 fully saturated rings. The number of nitrogens with zero attached hydrogens (tertiary/aromatic N) is 6. The Hall–Kier alpha value is -3.32. The SMILES string of the molecule is CCCCN(Cc1ccc(-c2ccccc2-c2nnn[nH]2)cc1)c1cc(C)nc(Cl)n1. The summed E-state index contributed by atoms with van der Waals surface area (Å²) in [6.07, 6.45) is 2.19. The predicted molar refractivity (Wildman–Crippen MR) is 123 cm³/mol. The Bertz CT molecular complexity index is 1110. The number of tetrazole rings is 1. The topological polar surface area (TPSA) is 83.5 Å². The Kier molecular flexibility index (Phi) is 6.52. The van der Waals surface area contributed by atoms with Gasteiger partial charge in [0.1, 0.15) is 5.82 Å². The van der Waals surface area contributed by atoms with Gasteiger partial charge in [-0.3, -0.25) is 0 Å². The molecule has 2 aromatic carbocycles. The number of benzene rings is 2. The first-order valence-corrected chi connectivity index (χ1v) is 10.7. The maximum absolute atomic E-state index is 6.11. The highest BCUT2D eigenvalue weighted by Gasteiger charge is 2.13. The second kappa shape index (κ2) is 9.66. The van der Waals surface area contributed by atoms with Crippen molar-refractivity contribution in [1.29, 1.82) is 0 Å². The molecule has 0 amide bonds. The van der Waals surface area contributed by atoms with Crippen LogP contribution in [0.1, 0.15) is 31.0 Å². The van der Waals surface area contributed by atoms with Gasteiger partial charge >= 0.3 is 0 Å².